The van der Waals surface area contributed by atoms with Crippen molar-refractivity contribution in [3.63, 3.8) is 0 Å². The van der Waals surface area contributed by atoms with E-state index in [1.165, 1.54) is 18.2 Å². The number of amides is 2. The van der Waals surface area contributed by atoms with Crippen LogP contribution in [0.3, 0.4) is 0 Å². The van der Waals surface area contributed by atoms with Crippen LogP contribution in [0.4, 0.5) is 5.69 Å². The van der Waals surface area contributed by atoms with E-state index in [0.717, 1.165) is 10.9 Å². The molecule has 0 fully saturated rings. The molecule has 3 aromatic rings. The smallest absolute Gasteiger partial charge is 0.335 e. The number of carboxylic acids is 1. The molecule has 0 spiro atoms. The number of anilines is 1. The van der Waals surface area contributed by atoms with Gasteiger partial charge in [-0.2, -0.15) is 0 Å². The summed E-state index contributed by atoms with van der Waals surface area (Å²) >= 11 is 5.95. The molecule has 0 radical (unpaired) electrons. The Balaban J connectivity index is 1.63. The monoisotopic (exact) mass is 435 g/mol. The van der Waals surface area contributed by atoms with Crippen LogP contribution in [0.2, 0.25) is 0 Å². The van der Waals surface area contributed by atoms with E-state index in [9.17, 15) is 19.5 Å². The number of H-pyrrole nitrogens is 1. The van der Waals surface area contributed by atoms with Gasteiger partial charge in [0.1, 0.15) is 5.69 Å². The molecule has 0 unspecified atom stereocenters. The molecule has 1 aliphatic carbocycles. The highest BCUT2D eigenvalue weighted by Gasteiger charge is 2.19. The van der Waals surface area contributed by atoms with Crippen LogP contribution in [0, 0.1) is 0 Å². The van der Waals surface area contributed by atoms with Crippen LogP contribution in [0.15, 0.2) is 71.4 Å². The molecule has 1 aliphatic rings. The van der Waals surface area contributed by atoms with Gasteiger partial charge in [0.2, 0.25) is 0 Å². The average molecular weight is 436 g/mol. The molecule has 7 nitrogen and oxygen atoms in total. The van der Waals surface area contributed by atoms with E-state index < -0.39 is 17.8 Å². The summed E-state index contributed by atoms with van der Waals surface area (Å²) in [6.07, 6.45) is 4.63. The van der Waals surface area contributed by atoms with Gasteiger partial charge in [-0.15, -0.1) is 0 Å². The maximum absolute atomic E-state index is 12.8. The molecular weight excluding hydrogens is 418 g/mol. The minimum absolute atomic E-state index is 0.0462. The highest BCUT2D eigenvalue weighted by molar-refractivity contribution is 6.29. The molecule has 0 saturated heterocycles. The molecule has 4 N–H and O–H groups in total. The third-order valence-electron chi connectivity index (χ3n) is 4.91. The summed E-state index contributed by atoms with van der Waals surface area (Å²) in [6.45, 7) is 0. The van der Waals surface area contributed by atoms with Crippen LogP contribution < -0.4 is 10.6 Å². The number of hydrogen-bond donors (Lipinski definition) is 4. The molecular formula is C23H18ClN3O4. The Morgan fingerprint density at radius 2 is 1.74 bits per heavy atom. The number of nitrogens with one attached hydrogen (secondary N) is 3. The van der Waals surface area contributed by atoms with E-state index in [4.69, 9.17) is 11.6 Å². The molecule has 2 amide bonds. The highest BCUT2D eigenvalue weighted by atomic mass is 35.5. The van der Waals surface area contributed by atoms with Crippen LogP contribution in [0.25, 0.3) is 10.9 Å². The second-order valence-electron chi connectivity index (χ2n) is 7.05. The highest BCUT2D eigenvalue weighted by Crippen LogP contribution is 2.23. The third kappa shape index (κ3) is 4.51. The van der Waals surface area contributed by atoms with Crippen molar-refractivity contribution in [3.8, 4) is 0 Å². The van der Waals surface area contributed by atoms with Gasteiger partial charge in [0.25, 0.3) is 11.8 Å². The van der Waals surface area contributed by atoms with E-state index in [1.54, 1.807) is 18.2 Å². The number of aromatic amines is 1. The molecule has 4 rings (SSSR count). The number of carboxylic acid groups (broad SMARTS) is 1. The summed E-state index contributed by atoms with van der Waals surface area (Å²) in [5.41, 5.74) is 1.98. The Morgan fingerprint density at radius 3 is 2.45 bits per heavy atom. The first-order chi connectivity index (χ1) is 14.9. The van der Waals surface area contributed by atoms with Crippen molar-refractivity contribution < 1.29 is 19.5 Å². The fourth-order valence-corrected chi connectivity index (χ4v) is 3.45. The molecule has 0 atom stereocenters. The zero-order valence-corrected chi connectivity index (χ0v) is 17.0. The van der Waals surface area contributed by atoms with Crippen molar-refractivity contribution in [1.29, 1.82) is 0 Å². The van der Waals surface area contributed by atoms with Crippen molar-refractivity contribution >= 4 is 46.0 Å². The number of aromatic carboxylic acids is 1. The molecule has 31 heavy (non-hydrogen) atoms. The summed E-state index contributed by atoms with van der Waals surface area (Å²) in [5.74, 6) is -2.11. The maximum Gasteiger partial charge on any atom is 0.335 e. The Bertz CT molecular complexity index is 1240. The molecule has 1 heterocycles. The summed E-state index contributed by atoms with van der Waals surface area (Å²) in [6, 6.07) is 13.1. The number of para-hydroxylation sites is 1. The normalized spacial score (nSPS) is 13.3. The quantitative estimate of drug-likeness (QED) is 0.467. The first-order valence-electron chi connectivity index (χ1n) is 9.54. The molecule has 156 valence electrons. The zero-order valence-electron chi connectivity index (χ0n) is 16.2. The fourth-order valence-electron chi connectivity index (χ4n) is 3.29. The Kier molecular flexibility index (Phi) is 5.60. The van der Waals surface area contributed by atoms with Crippen molar-refractivity contribution in [2.24, 2.45) is 0 Å². The van der Waals surface area contributed by atoms with Gasteiger partial charge in [-0.05, 0) is 55.3 Å². The van der Waals surface area contributed by atoms with Crippen LogP contribution >= 0.6 is 11.6 Å². The van der Waals surface area contributed by atoms with Crippen molar-refractivity contribution in [3.05, 3.63) is 88.2 Å². The second-order valence-corrected chi connectivity index (χ2v) is 7.53. The number of halogens is 1. The minimum Gasteiger partial charge on any atom is -0.478 e. The Morgan fingerprint density at radius 1 is 0.935 bits per heavy atom. The van der Waals surface area contributed by atoms with Crippen molar-refractivity contribution in [2.45, 2.75) is 12.8 Å². The van der Waals surface area contributed by atoms with E-state index in [2.05, 4.69) is 15.6 Å². The first kappa shape index (κ1) is 20.4. The predicted octanol–water partition coefficient (Wildman–Crippen LogP) is 4.65. The Labute approximate surface area is 182 Å². The Hall–Kier alpha value is -3.84. The number of carbonyl (C=O) groups is 3. The lowest BCUT2D eigenvalue weighted by molar-refractivity contribution is 0.0696. The van der Waals surface area contributed by atoms with Gasteiger partial charge in [0, 0.05) is 21.6 Å². The molecule has 0 aliphatic heterocycles. The molecule has 2 aromatic carbocycles. The number of fused-ring (bicyclic) bond motifs is 1. The standard InChI is InChI=1S/C23H18ClN3O4/c24-15-6-8-16(9-7-15)25-21(28)17-10-5-14(23(30)31)12-19(17)27-22(29)20-11-13-3-1-2-4-18(13)26-20/h1-6,8,10-12,26H,7,9H2,(H,25,28)(H,27,29)(H,30,31). The summed E-state index contributed by atoms with van der Waals surface area (Å²) in [5, 5.41) is 16.3. The molecule has 1 aromatic heterocycles. The van der Waals surface area contributed by atoms with Gasteiger partial charge in [-0.1, -0.05) is 29.8 Å². The van der Waals surface area contributed by atoms with Gasteiger partial charge in [0.15, 0.2) is 0 Å². The van der Waals surface area contributed by atoms with Gasteiger partial charge >= 0.3 is 5.97 Å². The number of carbonyl (C=O) groups excluding carboxylic acids is 2. The fraction of sp³-hybridized carbons (Fsp3) is 0.0870. The largest absolute Gasteiger partial charge is 0.478 e. The van der Waals surface area contributed by atoms with Gasteiger partial charge in [-0.3, -0.25) is 9.59 Å². The summed E-state index contributed by atoms with van der Waals surface area (Å²) < 4.78 is 0. The van der Waals surface area contributed by atoms with Crippen LogP contribution in [-0.4, -0.2) is 27.9 Å². The number of allylic oxidation sites excluding steroid dienone is 4. The maximum atomic E-state index is 12.8. The SMILES string of the molecule is O=C(O)c1ccc(C(=O)NC2=CC=C(Cl)CC2)c(NC(=O)c2cc3ccccc3[nH]2)c1. The van der Waals surface area contributed by atoms with Crippen LogP contribution in [0.5, 0.6) is 0 Å². The average Bonchev–Trinajstić information content (AvgIpc) is 3.20. The van der Waals surface area contributed by atoms with Gasteiger partial charge in [0.05, 0.1) is 16.8 Å². The van der Waals surface area contributed by atoms with E-state index in [0.29, 0.717) is 29.3 Å². The van der Waals surface area contributed by atoms with Gasteiger partial charge in [-0.25, -0.2) is 4.79 Å². The van der Waals surface area contributed by atoms with E-state index >= 15 is 0 Å². The molecule has 0 bridgehead atoms. The molecule has 8 heteroatoms. The summed E-state index contributed by atoms with van der Waals surface area (Å²) in [4.78, 5) is 40.1. The van der Waals surface area contributed by atoms with Crippen molar-refractivity contribution in [2.75, 3.05) is 5.32 Å². The van der Waals surface area contributed by atoms with Crippen LogP contribution in [0.1, 0.15) is 44.0 Å². The third-order valence-corrected chi connectivity index (χ3v) is 5.22. The predicted molar refractivity (Wildman–Crippen MR) is 118 cm³/mol. The minimum atomic E-state index is -1.16. The van der Waals surface area contributed by atoms with E-state index in [-0.39, 0.29) is 16.8 Å². The van der Waals surface area contributed by atoms with E-state index in [1.807, 2.05) is 24.3 Å². The number of aromatic nitrogens is 1. The lowest BCUT2D eigenvalue weighted by Gasteiger charge is -2.15. The van der Waals surface area contributed by atoms with Crippen LogP contribution in [-0.2, 0) is 0 Å². The molecule has 0 saturated carbocycles. The summed E-state index contributed by atoms with van der Waals surface area (Å²) in [7, 11) is 0. The van der Waals surface area contributed by atoms with Gasteiger partial charge < -0.3 is 20.7 Å². The number of rotatable bonds is 5. The topological polar surface area (TPSA) is 111 Å². The zero-order chi connectivity index (χ0) is 22.0. The lowest BCUT2D eigenvalue weighted by Crippen LogP contribution is -2.25. The number of hydrogen-bond acceptors (Lipinski definition) is 3. The van der Waals surface area contributed by atoms with Crippen molar-refractivity contribution in [1.82, 2.24) is 10.3 Å². The second kappa shape index (κ2) is 8.49. The number of benzene rings is 2. The lowest BCUT2D eigenvalue weighted by atomic mass is 10.1. The first-order valence-corrected chi connectivity index (χ1v) is 9.91.